The summed E-state index contributed by atoms with van der Waals surface area (Å²) >= 11 is 1.65. The maximum atomic E-state index is 12.5. The fraction of sp³-hybridized carbons (Fsp3) is 0.318. The number of imidazole rings is 1. The van der Waals surface area contributed by atoms with E-state index in [1.165, 1.54) is 0 Å². The number of H-pyrrole nitrogens is 1. The second-order valence-electron chi connectivity index (χ2n) is 7.26. The lowest BCUT2D eigenvalue weighted by atomic mass is 10.1. The average molecular weight is 424 g/mol. The second-order valence-corrected chi connectivity index (χ2v) is 8.59. The van der Waals surface area contributed by atoms with Crippen molar-refractivity contribution >= 4 is 23.7 Å². The quantitative estimate of drug-likeness (QED) is 0.617. The van der Waals surface area contributed by atoms with E-state index in [0.29, 0.717) is 18.8 Å². The summed E-state index contributed by atoms with van der Waals surface area (Å²) in [4.78, 5) is 28.3. The summed E-state index contributed by atoms with van der Waals surface area (Å²) in [6.45, 7) is 6.86. The van der Waals surface area contributed by atoms with Crippen LogP contribution >= 0.6 is 11.8 Å². The number of benzene rings is 1. The molecule has 30 heavy (non-hydrogen) atoms. The van der Waals surface area contributed by atoms with E-state index in [-0.39, 0.29) is 11.3 Å². The molecular formula is C22H25N5O2S. The van der Waals surface area contributed by atoms with Gasteiger partial charge in [0.2, 0.25) is 0 Å². The lowest BCUT2D eigenvalue weighted by Gasteiger charge is -2.34. The number of carbonyl (C=O) groups excluding carboxylic acids is 1. The van der Waals surface area contributed by atoms with Gasteiger partial charge in [-0.25, -0.2) is 14.8 Å². The molecule has 2 aromatic heterocycles. The molecule has 1 atom stereocenters. The molecule has 1 unspecified atom stereocenters. The smallest absolute Gasteiger partial charge is 0.410 e. The maximum absolute atomic E-state index is 12.5. The number of amides is 1. The van der Waals surface area contributed by atoms with Crippen LogP contribution in [-0.4, -0.2) is 52.1 Å². The third-order valence-electron chi connectivity index (χ3n) is 5.07. The molecule has 7 nitrogen and oxygen atoms in total. The van der Waals surface area contributed by atoms with Crippen LogP contribution in [0.4, 0.5) is 10.6 Å². The normalized spacial score (nSPS) is 15.1. The molecule has 4 rings (SSSR count). The predicted octanol–water partition coefficient (Wildman–Crippen LogP) is 4.29. The molecule has 8 heteroatoms. The van der Waals surface area contributed by atoms with E-state index in [1.54, 1.807) is 22.9 Å². The van der Waals surface area contributed by atoms with Gasteiger partial charge in [-0.1, -0.05) is 30.0 Å². The van der Waals surface area contributed by atoms with E-state index in [0.717, 1.165) is 35.2 Å². The largest absolute Gasteiger partial charge is 0.415 e. The second kappa shape index (κ2) is 9.21. The Bertz CT molecular complexity index is 952. The van der Waals surface area contributed by atoms with Gasteiger partial charge in [0.25, 0.3) is 0 Å². The van der Waals surface area contributed by atoms with E-state index in [1.807, 2.05) is 49.6 Å². The first-order chi connectivity index (χ1) is 14.6. The van der Waals surface area contributed by atoms with Crippen LogP contribution in [0.5, 0.6) is 5.75 Å². The van der Waals surface area contributed by atoms with Crippen molar-refractivity contribution in [1.29, 1.82) is 0 Å². The van der Waals surface area contributed by atoms with Crippen molar-refractivity contribution in [3.05, 3.63) is 66.1 Å². The standard InChI is InChI=1S/C22H25N5O2S/c1-16-3-8-20(25-15-16)26-11-13-27(14-12-26)22(28)29-19-6-4-18(5-7-19)17(2)30-21-23-9-10-24-21/h3-10,15,17H,11-14H2,1-2H3,(H,23,24). The Balaban J connectivity index is 1.28. The number of rotatable bonds is 5. The highest BCUT2D eigenvalue weighted by molar-refractivity contribution is 7.99. The number of thioether (sulfide) groups is 1. The summed E-state index contributed by atoms with van der Waals surface area (Å²) in [5.74, 6) is 1.51. The Morgan fingerprint density at radius 3 is 2.50 bits per heavy atom. The number of ether oxygens (including phenoxy) is 1. The minimum absolute atomic E-state index is 0.240. The van der Waals surface area contributed by atoms with Crippen molar-refractivity contribution in [2.75, 3.05) is 31.1 Å². The van der Waals surface area contributed by atoms with E-state index < -0.39 is 0 Å². The van der Waals surface area contributed by atoms with Crippen molar-refractivity contribution in [1.82, 2.24) is 19.9 Å². The molecule has 1 aliphatic rings. The number of aromatic amines is 1. The molecule has 0 saturated carbocycles. The Hall–Kier alpha value is -3.00. The average Bonchev–Trinajstić information content (AvgIpc) is 3.28. The number of aryl methyl sites for hydroxylation is 1. The third kappa shape index (κ3) is 4.94. The van der Waals surface area contributed by atoms with Crippen molar-refractivity contribution < 1.29 is 9.53 Å². The van der Waals surface area contributed by atoms with Crippen molar-refractivity contribution in [3.8, 4) is 5.75 Å². The number of carbonyl (C=O) groups is 1. The SMILES string of the molecule is Cc1ccc(N2CCN(C(=O)Oc3ccc(C(C)Sc4ncc[nH]4)cc3)CC2)nc1. The van der Waals surface area contributed by atoms with Gasteiger partial charge in [0, 0.05) is 50.0 Å². The molecule has 0 radical (unpaired) electrons. The zero-order chi connectivity index (χ0) is 20.9. The van der Waals surface area contributed by atoms with Gasteiger partial charge in [-0.15, -0.1) is 0 Å². The van der Waals surface area contributed by atoms with Crippen LogP contribution in [0.1, 0.15) is 23.3 Å². The summed E-state index contributed by atoms with van der Waals surface area (Å²) in [5.41, 5.74) is 2.29. The number of nitrogens with zero attached hydrogens (tertiary/aromatic N) is 4. The van der Waals surface area contributed by atoms with Gasteiger partial charge in [-0.3, -0.25) is 0 Å². The molecule has 1 aliphatic heterocycles. The first kappa shape index (κ1) is 20.3. The van der Waals surface area contributed by atoms with Gasteiger partial charge < -0.3 is 19.5 Å². The molecule has 1 N–H and O–H groups in total. The van der Waals surface area contributed by atoms with E-state index in [2.05, 4.69) is 32.8 Å². The number of nitrogens with one attached hydrogen (secondary N) is 1. The molecule has 0 aliphatic carbocycles. The Labute approximate surface area is 180 Å². The third-order valence-corrected chi connectivity index (χ3v) is 6.15. The van der Waals surface area contributed by atoms with Gasteiger partial charge >= 0.3 is 6.09 Å². The lowest BCUT2D eigenvalue weighted by Crippen LogP contribution is -2.49. The van der Waals surface area contributed by atoms with Crippen LogP contribution in [0.25, 0.3) is 0 Å². The summed E-state index contributed by atoms with van der Waals surface area (Å²) < 4.78 is 5.58. The molecule has 156 valence electrons. The van der Waals surface area contributed by atoms with E-state index >= 15 is 0 Å². The summed E-state index contributed by atoms with van der Waals surface area (Å²) in [6, 6.07) is 11.8. The van der Waals surface area contributed by atoms with Crippen LogP contribution in [0.15, 0.2) is 60.1 Å². The number of hydrogen-bond acceptors (Lipinski definition) is 6. The van der Waals surface area contributed by atoms with E-state index in [4.69, 9.17) is 4.74 Å². The highest BCUT2D eigenvalue weighted by Crippen LogP contribution is 2.33. The molecule has 0 spiro atoms. The number of aromatic nitrogens is 3. The summed E-state index contributed by atoms with van der Waals surface area (Å²) in [7, 11) is 0. The van der Waals surface area contributed by atoms with Crippen LogP contribution in [0, 0.1) is 6.92 Å². The highest BCUT2D eigenvalue weighted by Gasteiger charge is 2.23. The number of anilines is 1. The lowest BCUT2D eigenvalue weighted by molar-refractivity contribution is 0.149. The fourth-order valence-corrected chi connectivity index (χ4v) is 4.17. The summed E-state index contributed by atoms with van der Waals surface area (Å²) in [6.07, 6.45) is 5.12. The Morgan fingerprint density at radius 2 is 1.87 bits per heavy atom. The van der Waals surface area contributed by atoms with Crippen LogP contribution < -0.4 is 9.64 Å². The molecule has 1 saturated heterocycles. The van der Waals surface area contributed by atoms with Crippen molar-refractivity contribution in [2.24, 2.45) is 0 Å². The molecule has 1 fully saturated rings. The first-order valence-electron chi connectivity index (χ1n) is 9.99. The monoisotopic (exact) mass is 423 g/mol. The number of pyridine rings is 1. The fourth-order valence-electron chi connectivity index (χ4n) is 3.29. The van der Waals surface area contributed by atoms with Gasteiger partial charge in [0.05, 0.1) is 0 Å². The Kier molecular flexibility index (Phi) is 6.23. The molecule has 3 heterocycles. The van der Waals surface area contributed by atoms with Gasteiger partial charge in [0.1, 0.15) is 11.6 Å². The van der Waals surface area contributed by atoms with Gasteiger partial charge in [0.15, 0.2) is 5.16 Å². The Morgan fingerprint density at radius 1 is 1.10 bits per heavy atom. The van der Waals surface area contributed by atoms with E-state index in [9.17, 15) is 4.79 Å². The van der Waals surface area contributed by atoms with Crippen molar-refractivity contribution in [3.63, 3.8) is 0 Å². The van der Waals surface area contributed by atoms with Gasteiger partial charge in [-0.2, -0.15) is 0 Å². The predicted molar refractivity (Wildman–Crippen MR) is 118 cm³/mol. The minimum Gasteiger partial charge on any atom is -0.410 e. The maximum Gasteiger partial charge on any atom is 0.415 e. The molecule has 1 amide bonds. The van der Waals surface area contributed by atoms with Crippen molar-refractivity contribution in [2.45, 2.75) is 24.3 Å². The summed E-state index contributed by atoms with van der Waals surface area (Å²) in [5, 5.41) is 1.13. The first-order valence-corrected chi connectivity index (χ1v) is 10.9. The zero-order valence-corrected chi connectivity index (χ0v) is 17.9. The number of hydrogen-bond donors (Lipinski definition) is 1. The van der Waals surface area contributed by atoms with Crippen LogP contribution in [-0.2, 0) is 0 Å². The number of piperazine rings is 1. The zero-order valence-electron chi connectivity index (χ0n) is 17.1. The highest BCUT2D eigenvalue weighted by atomic mass is 32.2. The minimum atomic E-state index is -0.308. The molecular weight excluding hydrogens is 398 g/mol. The molecule has 0 bridgehead atoms. The van der Waals surface area contributed by atoms with Crippen LogP contribution in [0.2, 0.25) is 0 Å². The topological polar surface area (TPSA) is 74.3 Å². The van der Waals surface area contributed by atoms with Crippen LogP contribution in [0.3, 0.4) is 0 Å². The molecule has 3 aromatic rings. The molecule has 1 aromatic carbocycles. The van der Waals surface area contributed by atoms with Gasteiger partial charge in [-0.05, 0) is 43.2 Å².